The van der Waals surface area contributed by atoms with Gasteiger partial charge in [0.15, 0.2) is 0 Å². The van der Waals surface area contributed by atoms with Crippen LogP contribution in [0.5, 0.6) is 0 Å². The molecule has 0 spiro atoms. The zero-order valence-corrected chi connectivity index (χ0v) is 15.1. The van der Waals surface area contributed by atoms with E-state index in [1.54, 1.807) is 29.3 Å². The van der Waals surface area contributed by atoms with Crippen molar-refractivity contribution >= 4 is 29.0 Å². The molecule has 1 amide bonds. The summed E-state index contributed by atoms with van der Waals surface area (Å²) in [7, 11) is 0. The minimum Gasteiger partial charge on any atom is -0.338 e. The van der Waals surface area contributed by atoms with Gasteiger partial charge in [-0.1, -0.05) is 6.92 Å². The summed E-state index contributed by atoms with van der Waals surface area (Å²) in [4.78, 5) is 24.8. The van der Waals surface area contributed by atoms with Crippen LogP contribution in [0.15, 0.2) is 29.6 Å². The first-order valence-electron chi connectivity index (χ1n) is 7.98. The van der Waals surface area contributed by atoms with E-state index in [-0.39, 0.29) is 5.91 Å². The van der Waals surface area contributed by atoms with E-state index in [0.717, 1.165) is 41.7 Å². The van der Waals surface area contributed by atoms with Gasteiger partial charge in [0.2, 0.25) is 0 Å². The van der Waals surface area contributed by atoms with Crippen molar-refractivity contribution in [1.29, 1.82) is 0 Å². The number of carbonyl (C=O) groups is 1. The van der Waals surface area contributed by atoms with Gasteiger partial charge in [0.25, 0.3) is 5.91 Å². The van der Waals surface area contributed by atoms with Crippen LogP contribution >= 0.6 is 23.1 Å². The highest BCUT2D eigenvalue weighted by Gasteiger charge is 2.27. The minimum absolute atomic E-state index is 0.0866. The fourth-order valence-corrected chi connectivity index (χ4v) is 4.33. The molecule has 23 heavy (non-hydrogen) atoms. The van der Waals surface area contributed by atoms with Crippen LogP contribution in [0.25, 0.3) is 0 Å². The van der Waals surface area contributed by atoms with Crippen LogP contribution in [-0.4, -0.2) is 39.6 Å². The van der Waals surface area contributed by atoms with Crippen molar-refractivity contribution in [1.82, 2.24) is 14.9 Å². The van der Waals surface area contributed by atoms with Gasteiger partial charge in [-0.2, -0.15) is 0 Å². The average molecular weight is 348 g/mol. The molecule has 0 N–H and O–H groups in total. The number of thioether (sulfide) groups is 1. The quantitative estimate of drug-likeness (QED) is 0.785. The second-order valence-corrected chi connectivity index (χ2v) is 8.27. The van der Waals surface area contributed by atoms with Crippen LogP contribution in [0, 0.1) is 6.92 Å². The lowest BCUT2D eigenvalue weighted by molar-refractivity contribution is 0.0706. The van der Waals surface area contributed by atoms with Crippen molar-refractivity contribution < 1.29 is 4.79 Å². The molecule has 122 valence electrons. The lowest BCUT2D eigenvalue weighted by Gasteiger charge is -2.31. The van der Waals surface area contributed by atoms with Crippen molar-refractivity contribution in [3.63, 3.8) is 0 Å². The second-order valence-electron chi connectivity index (χ2n) is 5.72. The van der Waals surface area contributed by atoms with Crippen molar-refractivity contribution in [2.24, 2.45) is 0 Å². The molecular weight excluding hydrogens is 326 g/mol. The Morgan fingerprint density at radius 3 is 2.91 bits per heavy atom. The number of thiazole rings is 1. The summed E-state index contributed by atoms with van der Waals surface area (Å²) in [5.41, 5.74) is 0.682. The van der Waals surface area contributed by atoms with Crippen LogP contribution in [-0.2, 0) is 0 Å². The monoisotopic (exact) mass is 347 g/mol. The Kier molecular flexibility index (Phi) is 5.33. The summed E-state index contributed by atoms with van der Waals surface area (Å²) in [6.45, 7) is 5.76. The Balaban J connectivity index is 1.69. The number of aromatic nitrogens is 2. The smallest absolute Gasteiger partial charge is 0.255 e. The molecule has 2 aromatic heterocycles. The van der Waals surface area contributed by atoms with E-state index in [9.17, 15) is 4.79 Å². The fraction of sp³-hybridized carbons (Fsp3) is 0.471. The Bertz CT molecular complexity index is 669. The van der Waals surface area contributed by atoms with E-state index in [1.807, 2.05) is 23.2 Å². The highest BCUT2D eigenvalue weighted by molar-refractivity contribution is 7.99. The Morgan fingerprint density at radius 1 is 1.39 bits per heavy atom. The predicted molar refractivity (Wildman–Crippen MR) is 95.4 cm³/mol. The van der Waals surface area contributed by atoms with Crippen molar-refractivity contribution in [2.45, 2.75) is 37.6 Å². The molecule has 4 nitrogen and oxygen atoms in total. The molecule has 3 heterocycles. The SMILES string of the molecule is CCSc1ccc(C(=O)N2CCC[C@@H](c3ncc(C)s3)C2)cn1. The number of nitrogens with zero attached hydrogens (tertiary/aromatic N) is 3. The van der Waals surface area contributed by atoms with E-state index in [1.165, 1.54) is 4.88 Å². The maximum Gasteiger partial charge on any atom is 0.255 e. The van der Waals surface area contributed by atoms with E-state index in [4.69, 9.17) is 0 Å². The predicted octanol–water partition coefficient (Wildman–Crippen LogP) is 3.98. The first kappa shape index (κ1) is 16.5. The number of hydrogen-bond acceptors (Lipinski definition) is 5. The van der Waals surface area contributed by atoms with Crippen LogP contribution in [0.1, 0.15) is 45.9 Å². The Labute approximate surface area is 145 Å². The normalized spacial score (nSPS) is 18.2. The van der Waals surface area contributed by atoms with Crippen molar-refractivity contribution in [3.8, 4) is 0 Å². The molecule has 1 atom stereocenters. The minimum atomic E-state index is 0.0866. The number of rotatable bonds is 4. The molecule has 6 heteroatoms. The molecule has 0 bridgehead atoms. The number of aryl methyl sites for hydroxylation is 1. The maximum absolute atomic E-state index is 12.7. The van der Waals surface area contributed by atoms with E-state index in [0.29, 0.717) is 11.5 Å². The molecular formula is C17H21N3OS2. The summed E-state index contributed by atoms with van der Waals surface area (Å²) in [6.07, 6.45) is 5.78. The number of likely N-dealkylation sites (tertiary alicyclic amines) is 1. The zero-order valence-electron chi connectivity index (χ0n) is 13.5. The third-order valence-electron chi connectivity index (χ3n) is 3.97. The second kappa shape index (κ2) is 7.45. The van der Waals surface area contributed by atoms with Gasteiger partial charge in [0.05, 0.1) is 15.6 Å². The standard InChI is InChI=1S/C17H21N3OS2/c1-3-22-15-7-6-13(10-18-15)17(21)20-8-4-5-14(11-20)16-19-9-12(2)23-16/h6-7,9-10,14H,3-5,8,11H2,1-2H3/t14-/m1/s1. The molecule has 0 unspecified atom stereocenters. The van der Waals surface area contributed by atoms with Gasteiger partial charge in [-0.15, -0.1) is 23.1 Å². The maximum atomic E-state index is 12.7. The molecule has 0 aromatic carbocycles. The summed E-state index contributed by atoms with van der Waals surface area (Å²) in [5, 5.41) is 2.13. The number of piperidine rings is 1. The number of carbonyl (C=O) groups excluding carboxylic acids is 1. The van der Waals surface area contributed by atoms with Gasteiger partial charge in [0.1, 0.15) is 0 Å². The van der Waals surface area contributed by atoms with Gasteiger partial charge in [-0.3, -0.25) is 4.79 Å². The van der Waals surface area contributed by atoms with Gasteiger partial charge >= 0.3 is 0 Å². The summed E-state index contributed by atoms with van der Waals surface area (Å²) < 4.78 is 0. The fourth-order valence-electron chi connectivity index (χ4n) is 2.85. The number of amides is 1. The van der Waals surface area contributed by atoms with Crippen LogP contribution in [0.2, 0.25) is 0 Å². The summed E-state index contributed by atoms with van der Waals surface area (Å²) >= 11 is 3.44. The van der Waals surface area contributed by atoms with Gasteiger partial charge in [0, 0.05) is 36.3 Å². The van der Waals surface area contributed by atoms with Gasteiger partial charge < -0.3 is 4.90 Å². The largest absolute Gasteiger partial charge is 0.338 e. The topological polar surface area (TPSA) is 46.1 Å². The summed E-state index contributed by atoms with van der Waals surface area (Å²) in [5.74, 6) is 1.44. The number of hydrogen-bond donors (Lipinski definition) is 0. The molecule has 2 aromatic rings. The van der Waals surface area contributed by atoms with Crippen LogP contribution in [0.4, 0.5) is 0 Å². The van der Waals surface area contributed by atoms with Crippen molar-refractivity contribution in [2.75, 3.05) is 18.8 Å². The molecule has 1 aliphatic heterocycles. The van der Waals surface area contributed by atoms with Gasteiger partial charge in [-0.25, -0.2) is 9.97 Å². The van der Waals surface area contributed by atoms with Gasteiger partial charge in [-0.05, 0) is 37.7 Å². The first-order valence-corrected chi connectivity index (χ1v) is 9.78. The Hall–Kier alpha value is -1.40. The highest BCUT2D eigenvalue weighted by Crippen LogP contribution is 2.30. The first-order chi connectivity index (χ1) is 11.2. The highest BCUT2D eigenvalue weighted by atomic mass is 32.2. The molecule has 0 saturated carbocycles. The van der Waals surface area contributed by atoms with E-state index in [2.05, 4.69) is 23.8 Å². The summed E-state index contributed by atoms with van der Waals surface area (Å²) in [6, 6.07) is 3.83. The zero-order chi connectivity index (χ0) is 16.2. The average Bonchev–Trinajstić information content (AvgIpc) is 3.02. The lowest BCUT2D eigenvalue weighted by atomic mass is 9.98. The molecule has 1 saturated heterocycles. The Morgan fingerprint density at radius 2 is 2.26 bits per heavy atom. The number of pyridine rings is 1. The van der Waals surface area contributed by atoms with E-state index >= 15 is 0 Å². The van der Waals surface area contributed by atoms with Crippen LogP contribution in [0.3, 0.4) is 0 Å². The van der Waals surface area contributed by atoms with Crippen molar-refractivity contribution in [3.05, 3.63) is 40.0 Å². The lowest BCUT2D eigenvalue weighted by Crippen LogP contribution is -2.39. The third kappa shape index (κ3) is 3.93. The molecule has 0 aliphatic carbocycles. The third-order valence-corrected chi connectivity index (χ3v) is 5.87. The molecule has 0 radical (unpaired) electrons. The van der Waals surface area contributed by atoms with E-state index < -0.39 is 0 Å². The molecule has 1 aliphatic rings. The molecule has 3 rings (SSSR count). The molecule has 1 fully saturated rings. The van der Waals surface area contributed by atoms with Crippen LogP contribution < -0.4 is 0 Å².